The van der Waals surface area contributed by atoms with Gasteiger partial charge in [-0.25, -0.2) is 8.78 Å². The number of benzene rings is 3. The van der Waals surface area contributed by atoms with Crippen molar-refractivity contribution in [1.82, 2.24) is 10.6 Å². The van der Waals surface area contributed by atoms with Crippen molar-refractivity contribution in [1.29, 1.82) is 0 Å². The fourth-order valence-corrected chi connectivity index (χ4v) is 7.07. The van der Waals surface area contributed by atoms with Gasteiger partial charge in [0.05, 0.1) is 16.7 Å². The topological polar surface area (TPSA) is 79.8 Å². The minimum Gasteiger partial charge on any atom is -0.489 e. The molecular weight excluding hydrogens is 550 g/mol. The first kappa shape index (κ1) is 26.7. The van der Waals surface area contributed by atoms with Crippen LogP contribution in [-0.4, -0.2) is 42.9 Å². The molecule has 0 radical (unpaired) electrons. The summed E-state index contributed by atoms with van der Waals surface area (Å²) >= 11 is 6.65. The van der Waals surface area contributed by atoms with Gasteiger partial charge in [-0.3, -0.25) is 4.79 Å². The maximum atomic E-state index is 16.5. The third-order valence-electron chi connectivity index (χ3n) is 9.10. The molecule has 0 saturated heterocycles. The maximum Gasteiger partial charge on any atom is 0.251 e. The SMILES string of the molecule is CNC(=O)c1cc2c(c(F)c1-c1c(Cl)c(F)cc3c1C[C@@](CN[C@H]1CC[C@H](O)CC1)(c1ccccc1)O3)C1CC1O2. The van der Waals surface area contributed by atoms with Crippen LogP contribution < -0.4 is 20.1 Å². The number of amides is 1. The number of aliphatic hydroxyl groups is 1. The van der Waals surface area contributed by atoms with Crippen LogP contribution in [0.1, 0.15) is 65.1 Å². The highest BCUT2D eigenvalue weighted by molar-refractivity contribution is 6.34. The van der Waals surface area contributed by atoms with Crippen molar-refractivity contribution in [2.24, 2.45) is 0 Å². The highest BCUT2D eigenvalue weighted by Gasteiger charge is 2.51. The number of nitrogens with one attached hydrogen (secondary N) is 2. The summed E-state index contributed by atoms with van der Waals surface area (Å²) in [6.45, 7) is 0.414. The summed E-state index contributed by atoms with van der Waals surface area (Å²) in [4.78, 5) is 13.1. The summed E-state index contributed by atoms with van der Waals surface area (Å²) in [5.41, 5.74) is 1.09. The van der Waals surface area contributed by atoms with E-state index in [4.69, 9.17) is 21.1 Å². The molecule has 7 rings (SSSR count). The largest absolute Gasteiger partial charge is 0.489 e. The maximum absolute atomic E-state index is 16.5. The lowest BCUT2D eigenvalue weighted by Crippen LogP contribution is -2.46. The van der Waals surface area contributed by atoms with Gasteiger partial charge in [0.25, 0.3) is 5.91 Å². The Bertz CT molecular complexity index is 1540. The second-order valence-electron chi connectivity index (χ2n) is 11.7. The molecule has 3 atom stereocenters. The van der Waals surface area contributed by atoms with Gasteiger partial charge in [0.1, 0.15) is 29.2 Å². The second kappa shape index (κ2) is 9.96. The van der Waals surface area contributed by atoms with E-state index in [9.17, 15) is 9.90 Å². The molecule has 4 aliphatic rings. The first-order chi connectivity index (χ1) is 19.8. The zero-order chi connectivity index (χ0) is 28.5. The third kappa shape index (κ3) is 4.39. The van der Waals surface area contributed by atoms with Gasteiger partial charge in [-0.15, -0.1) is 0 Å². The van der Waals surface area contributed by atoms with E-state index in [-0.39, 0.29) is 58.1 Å². The Hall–Kier alpha value is -3.20. The van der Waals surface area contributed by atoms with Crippen LogP contribution in [0.25, 0.3) is 11.1 Å². The predicted molar refractivity (Wildman–Crippen MR) is 151 cm³/mol. The molecule has 3 aromatic rings. The Morgan fingerprint density at radius 3 is 2.59 bits per heavy atom. The number of carbonyl (C=O) groups is 1. The molecule has 2 saturated carbocycles. The highest BCUT2D eigenvalue weighted by atomic mass is 35.5. The summed E-state index contributed by atoms with van der Waals surface area (Å²) in [6, 6.07) is 12.7. The molecule has 3 N–H and O–H groups in total. The number of ether oxygens (including phenoxy) is 2. The van der Waals surface area contributed by atoms with Crippen LogP contribution in [0.3, 0.4) is 0 Å². The van der Waals surface area contributed by atoms with Crippen molar-refractivity contribution < 1.29 is 28.2 Å². The zero-order valence-corrected chi connectivity index (χ0v) is 23.4. The lowest BCUT2D eigenvalue weighted by molar-refractivity contribution is 0.0760. The molecule has 214 valence electrons. The monoisotopic (exact) mass is 580 g/mol. The first-order valence-electron chi connectivity index (χ1n) is 14.2. The molecule has 2 fully saturated rings. The van der Waals surface area contributed by atoms with E-state index in [0.717, 1.165) is 31.2 Å². The van der Waals surface area contributed by atoms with Crippen LogP contribution in [0.4, 0.5) is 8.78 Å². The van der Waals surface area contributed by atoms with E-state index < -0.39 is 23.1 Å². The van der Waals surface area contributed by atoms with Gasteiger partial charge in [0.2, 0.25) is 0 Å². The van der Waals surface area contributed by atoms with Gasteiger partial charge < -0.3 is 25.2 Å². The summed E-state index contributed by atoms with van der Waals surface area (Å²) in [7, 11) is 1.46. The van der Waals surface area contributed by atoms with Gasteiger partial charge in [0, 0.05) is 60.3 Å². The number of fused-ring (bicyclic) bond motifs is 4. The summed E-state index contributed by atoms with van der Waals surface area (Å²) in [6.07, 6.45) is 3.76. The molecule has 41 heavy (non-hydrogen) atoms. The molecular formula is C32H31ClF2N2O4. The number of rotatable bonds is 6. The van der Waals surface area contributed by atoms with E-state index in [1.165, 1.54) is 13.1 Å². The van der Waals surface area contributed by atoms with Gasteiger partial charge >= 0.3 is 0 Å². The average molecular weight is 581 g/mol. The van der Waals surface area contributed by atoms with E-state index >= 15 is 8.78 Å². The minimum atomic E-state index is -0.920. The Labute approximate surface area is 242 Å². The molecule has 2 aliphatic carbocycles. The quantitative estimate of drug-likeness (QED) is 0.353. The molecule has 0 spiro atoms. The Balaban J connectivity index is 1.36. The Morgan fingerprint density at radius 2 is 1.85 bits per heavy atom. The van der Waals surface area contributed by atoms with Crippen LogP contribution >= 0.6 is 11.6 Å². The number of carbonyl (C=O) groups excluding carboxylic acids is 1. The van der Waals surface area contributed by atoms with Crippen LogP contribution in [0.15, 0.2) is 42.5 Å². The number of halogens is 3. The average Bonchev–Trinajstić information content (AvgIpc) is 3.48. The highest BCUT2D eigenvalue weighted by Crippen LogP contribution is 2.58. The number of aliphatic hydroxyl groups excluding tert-OH is 1. The van der Waals surface area contributed by atoms with Crippen LogP contribution in [0.2, 0.25) is 5.02 Å². The normalized spacial score (nSPS) is 27.3. The first-order valence-corrected chi connectivity index (χ1v) is 14.6. The predicted octanol–water partition coefficient (Wildman–Crippen LogP) is 5.62. The van der Waals surface area contributed by atoms with E-state index in [0.29, 0.717) is 29.8 Å². The minimum absolute atomic E-state index is 0.0262. The molecule has 3 aromatic carbocycles. The van der Waals surface area contributed by atoms with Gasteiger partial charge in [-0.05, 0) is 43.7 Å². The number of hydrogen-bond acceptors (Lipinski definition) is 5. The molecule has 2 unspecified atom stereocenters. The molecule has 0 aromatic heterocycles. The smallest absolute Gasteiger partial charge is 0.251 e. The van der Waals surface area contributed by atoms with Crippen molar-refractivity contribution in [2.75, 3.05) is 13.6 Å². The molecule has 2 heterocycles. The van der Waals surface area contributed by atoms with E-state index in [1.807, 2.05) is 30.3 Å². The molecule has 6 nitrogen and oxygen atoms in total. The van der Waals surface area contributed by atoms with Gasteiger partial charge in [0.15, 0.2) is 5.60 Å². The van der Waals surface area contributed by atoms with Gasteiger partial charge in [-0.1, -0.05) is 41.9 Å². The van der Waals surface area contributed by atoms with Crippen molar-refractivity contribution >= 4 is 17.5 Å². The van der Waals surface area contributed by atoms with Gasteiger partial charge in [-0.2, -0.15) is 0 Å². The van der Waals surface area contributed by atoms with Crippen LogP contribution in [0, 0.1) is 11.6 Å². The summed E-state index contributed by atoms with van der Waals surface area (Å²) in [5, 5.41) is 15.9. The fourth-order valence-electron chi connectivity index (χ4n) is 6.80. The lowest BCUT2D eigenvalue weighted by Gasteiger charge is -2.34. The summed E-state index contributed by atoms with van der Waals surface area (Å²) in [5.74, 6) is -1.32. The summed E-state index contributed by atoms with van der Waals surface area (Å²) < 4.78 is 44.5. The van der Waals surface area contributed by atoms with Crippen molar-refractivity contribution in [3.63, 3.8) is 0 Å². The number of hydrogen-bond donors (Lipinski definition) is 3. The Morgan fingerprint density at radius 1 is 1.10 bits per heavy atom. The van der Waals surface area contributed by atoms with Crippen molar-refractivity contribution in [2.45, 2.75) is 68.3 Å². The lowest BCUT2D eigenvalue weighted by atomic mass is 9.84. The van der Waals surface area contributed by atoms with Crippen LogP contribution in [-0.2, 0) is 12.0 Å². The standard InChI is InChI=1S/C32H31ClF2N2O4/c1-36-31(39)20-12-25-26(19-11-23(19)40-25)30(35)28(20)27-21-14-32(16-5-3-2-4-6-16,41-24(21)13-22(34)29(27)33)15-37-17-7-9-18(38)10-8-17/h2-6,12-13,17-19,23,37-38H,7-11,14-15H2,1H3,(H,36,39)/t17-,18-,19?,23?,32-/m1/s1. The van der Waals surface area contributed by atoms with E-state index in [2.05, 4.69) is 10.6 Å². The van der Waals surface area contributed by atoms with Crippen molar-refractivity contribution in [3.05, 3.63) is 81.4 Å². The molecule has 9 heteroatoms. The van der Waals surface area contributed by atoms with E-state index in [1.54, 1.807) is 6.07 Å². The van der Waals surface area contributed by atoms with Crippen LogP contribution in [0.5, 0.6) is 11.5 Å². The third-order valence-corrected chi connectivity index (χ3v) is 9.47. The second-order valence-corrected chi connectivity index (χ2v) is 12.0. The molecule has 2 aliphatic heterocycles. The molecule has 0 bridgehead atoms. The zero-order valence-electron chi connectivity index (χ0n) is 22.6. The van der Waals surface area contributed by atoms with Crippen molar-refractivity contribution in [3.8, 4) is 22.6 Å². The molecule has 1 amide bonds. The Kier molecular flexibility index (Phi) is 6.48. The fraction of sp³-hybridized carbons (Fsp3) is 0.406.